The van der Waals surface area contributed by atoms with Crippen molar-refractivity contribution in [3.05, 3.63) is 23.8 Å². The first-order chi connectivity index (χ1) is 10.0. The van der Waals surface area contributed by atoms with Crippen LogP contribution in [0.4, 0.5) is 0 Å². The van der Waals surface area contributed by atoms with Gasteiger partial charge in [0.2, 0.25) is 0 Å². The van der Waals surface area contributed by atoms with E-state index in [2.05, 4.69) is 45.9 Å². The summed E-state index contributed by atoms with van der Waals surface area (Å²) in [6.45, 7) is 10.6. The first kappa shape index (κ1) is 15.3. The van der Waals surface area contributed by atoms with E-state index >= 15 is 0 Å². The normalized spacial score (nSPS) is 43.7. The van der Waals surface area contributed by atoms with E-state index in [1.807, 2.05) is 0 Å². The molecule has 2 fully saturated rings. The maximum atomic E-state index is 5.57. The van der Waals surface area contributed by atoms with Gasteiger partial charge in [-0.25, -0.2) is 0 Å². The predicted octanol–water partition coefficient (Wildman–Crippen LogP) is 5.52. The summed E-state index contributed by atoms with van der Waals surface area (Å²) in [4.78, 5) is 0. The number of hydrogen-bond donors (Lipinski definition) is 0. The van der Waals surface area contributed by atoms with Crippen molar-refractivity contribution in [2.45, 2.75) is 71.8 Å². The van der Waals surface area contributed by atoms with Gasteiger partial charge >= 0.3 is 0 Å². The summed E-state index contributed by atoms with van der Waals surface area (Å²) in [5.41, 5.74) is 2.35. The van der Waals surface area contributed by atoms with Gasteiger partial charge in [0.15, 0.2) is 0 Å². The van der Waals surface area contributed by atoms with Gasteiger partial charge in [0.05, 0.1) is 6.61 Å². The van der Waals surface area contributed by atoms with Crippen LogP contribution < -0.4 is 0 Å². The Balaban J connectivity index is 1.63. The average molecular weight is 288 g/mol. The van der Waals surface area contributed by atoms with Gasteiger partial charge in [-0.3, -0.25) is 0 Å². The Bertz CT molecular complexity index is 443. The molecule has 1 nitrogen and oxygen atoms in total. The lowest BCUT2D eigenvalue weighted by atomic mass is 9.60. The van der Waals surface area contributed by atoms with Crippen LogP contribution in [0.5, 0.6) is 0 Å². The number of rotatable bonds is 5. The number of fused-ring (bicyclic) bond motifs is 1. The molecule has 0 spiro atoms. The Morgan fingerprint density at radius 1 is 1.48 bits per heavy atom. The summed E-state index contributed by atoms with van der Waals surface area (Å²) in [6.07, 6.45) is 15.2. The number of hydrogen-bond acceptors (Lipinski definition) is 1. The van der Waals surface area contributed by atoms with Crippen molar-refractivity contribution in [1.82, 2.24) is 0 Å². The van der Waals surface area contributed by atoms with E-state index in [9.17, 15) is 0 Å². The van der Waals surface area contributed by atoms with Gasteiger partial charge < -0.3 is 4.74 Å². The van der Waals surface area contributed by atoms with E-state index < -0.39 is 0 Å². The van der Waals surface area contributed by atoms with Crippen LogP contribution in [0.25, 0.3) is 0 Å². The molecule has 118 valence electrons. The van der Waals surface area contributed by atoms with Crippen molar-refractivity contribution in [2.24, 2.45) is 23.2 Å². The van der Waals surface area contributed by atoms with Crippen LogP contribution in [0.15, 0.2) is 23.8 Å². The zero-order valence-electron chi connectivity index (χ0n) is 14.3. The molecule has 0 radical (unpaired) electrons. The molecule has 0 N–H and O–H groups in total. The van der Waals surface area contributed by atoms with Crippen molar-refractivity contribution in [3.8, 4) is 0 Å². The zero-order chi connectivity index (χ0) is 15.1. The van der Waals surface area contributed by atoms with E-state index in [-0.39, 0.29) is 5.60 Å². The standard InChI is InChI=1S/C20H32O/c1-5-20(14-21-20)13-7-9-16(3)18-11-10-17-15(2)8-6-12-19(17,18)4/h7,11,13,15-17H,5-6,8-10,12,14H2,1-4H3/b13-7+. The molecule has 21 heavy (non-hydrogen) atoms. The van der Waals surface area contributed by atoms with Crippen LogP contribution in [-0.2, 0) is 4.74 Å². The average Bonchev–Trinajstić information content (AvgIpc) is 3.14. The molecule has 0 aromatic carbocycles. The van der Waals surface area contributed by atoms with E-state index in [0.717, 1.165) is 24.9 Å². The second-order valence-electron chi connectivity index (χ2n) is 8.03. The maximum absolute atomic E-state index is 5.57. The minimum Gasteiger partial charge on any atom is -0.365 e. The number of allylic oxidation sites excluding steroid dienone is 3. The van der Waals surface area contributed by atoms with Crippen molar-refractivity contribution in [2.75, 3.05) is 6.61 Å². The van der Waals surface area contributed by atoms with Crippen LogP contribution in [0, 0.1) is 23.2 Å². The van der Waals surface area contributed by atoms with Crippen molar-refractivity contribution < 1.29 is 4.74 Å². The first-order valence-electron chi connectivity index (χ1n) is 9.03. The van der Waals surface area contributed by atoms with Gasteiger partial charge in [0.25, 0.3) is 0 Å². The third kappa shape index (κ3) is 2.74. The molecular formula is C20H32O. The van der Waals surface area contributed by atoms with E-state index in [1.54, 1.807) is 5.57 Å². The Hall–Kier alpha value is -0.560. The molecule has 1 saturated carbocycles. The van der Waals surface area contributed by atoms with Crippen molar-refractivity contribution in [3.63, 3.8) is 0 Å². The summed E-state index contributed by atoms with van der Waals surface area (Å²) >= 11 is 0. The molecule has 1 heterocycles. The third-order valence-electron chi connectivity index (χ3n) is 6.67. The van der Waals surface area contributed by atoms with Gasteiger partial charge in [-0.1, -0.05) is 64.3 Å². The summed E-state index contributed by atoms with van der Waals surface area (Å²) in [5.74, 6) is 2.50. The van der Waals surface area contributed by atoms with Gasteiger partial charge in [0, 0.05) is 0 Å². The Morgan fingerprint density at radius 2 is 2.24 bits per heavy atom. The minimum absolute atomic E-state index is 0.107. The number of ether oxygens (including phenoxy) is 1. The maximum Gasteiger partial charge on any atom is 0.109 e. The second kappa shape index (κ2) is 5.57. The van der Waals surface area contributed by atoms with Crippen LogP contribution in [0.3, 0.4) is 0 Å². The lowest BCUT2D eigenvalue weighted by Crippen LogP contribution is -2.35. The molecule has 0 amide bonds. The fourth-order valence-corrected chi connectivity index (χ4v) is 5.03. The molecule has 0 aromatic heterocycles. The van der Waals surface area contributed by atoms with E-state index in [1.165, 1.54) is 32.1 Å². The molecule has 5 unspecified atom stereocenters. The van der Waals surface area contributed by atoms with Crippen LogP contribution >= 0.6 is 0 Å². The molecule has 0 bridgehead atoms. The predicted molar refractivity (Wildman–Crippen MR) is 89.2 cm³/mol. The molecule has 0 aromatic rings. The molecule has 1 saturated heterocycles. The van der Waals surface area contributed by atoms with Gasteiger partial charge in [-0.15, -0.1) is 0 Å². The lowest BCUT2D eigenvalue weighted by molar-refractivity contribution is 0.111. The summed E-state index contributed by atoms with van der Waals surface area (Å²) in [6, 6.07) is 0. The van der Waals surface area contributed by atoms with Gasteiger partial charge in [-0.05, 0) is 48.9 Å². The largest absolute Gasteiger partial charge is 0.365 e. The van der Waals surface area contributed by atoms with Crippen molar-refractivity contribution in [1.29, 1.82) is 0 Å². The molecule has 1 heteroatoms. The van der Waals surface area contributed by atoms with Gasteiger partial charge in [-0.2, -0.15) is 0 Å². The van der Waals surface area contributed by atoms with E-state index in [0.29, 0.717) is 11.3 Å². The Morgan fingerprint density at radius 3 is 2.90 bits per heavy atom. The molecule has 3 aliphatic rings. The van der Waals surface area contributed by atoms with Crippen molar-refractivity contribution >= 4 is 0 Å². The summed E-state index contributed by atoms with van der Waals surface area (Å²) in [5, 5.41) is 0. The quantitative estimate of drug-likeness (QED) is 0.479. The second-order valence-corrected chi connectivity index (χ2v) is 8.03. The molecular weight excluding hydrogens is 256 g/mol. The highest BCUT2D eigenvalue weighted by molar-refractivity contribution is 5.26. The minimum atomic E-state index is 0.107. The zero-order valence-corrected chi connectivity index (χ0v) is 14.3. The molecule has 2 aliphatic carbocycles. The highest BCUT2D eigenvalue weighted by Gasteiger charge is 2.46. The van der Waals surface area contributed by atoms with Gasteiger partial charge in [0.1, 0.15) is 5.60 Å². The van der Waals surface area contributed by atoms with Crippen LogP contribution in [0.1, 0.15) is 66.2 Å². The first-order valence-corrected chi connectivity index (χ1v) is 9.03. The Kier molecular flexibility index (Phi) is 4.07. The fourth-order valence-electron chi connectivity index (χ4n) is 5.03. The topological polar surface area (TPSA) is 12.5 Å². The molecule has 3 rings (SSSR count). The van der Waals surface area contributed by atoms with Crippen LogP contribution in [0.2, 0.25) is 0 Å². The fraction of sp³-hybridized carbons (Fsp3) is 0.800. The summed E-state index contributed by atoms with van der Waals surface area (Å²) < 4.78 is 5.57. The monoisotopic (exact) mass is 288 g/mol. The number of epoxide rings is 1. The lowest BCUT2D eigenvalue weighted by Gasteiger charge is -2.44. The van der Waals surface area contributed by atoms with E-state index in [4.69, 9.17) is 4.74 Å². The Labute approximate surface area is 130 Å². The highest BCUT2D eigenvalue weighted by Crippen LogP contribution is 2.56. The smallest absolute Gasteiger partial charge is 0.109 e. The molecule has 1 aliphatic heterocycles. The third-order valence-corrected chi connectivity index (χ3v) is 6.67. The highest BCUT2D eigenvalue weighted by atomic mass is 16.6. The molecule has 5 atom stereocenters. The SMILES string of the molecule is CCC1(/C=C/CC(C)C2=CCC3C(C)CCCC23C)CO1. The van der Waals surface area contributed by atoms with Crippen LogP contribution in [-0.4, -0.2) is 12.2 Å². The summed E-state index contributed by atoms with van der Waals surface area (Å²) in [7, 11) is 0.